The van der Waals surface area contributed by atoms with E-state index in [2.05, 4.69) is 5.32 Å². The second-order valence-corrected chi connectivity index (χ2v) is 5.22. The molecule has 0 radical (unpaired) electrons. The smallest absolute Gasteiger partial charge is 0.262 e. The molecule has 0 aliphatic heterocycles. The van der Waals surface area contributed by atoms with Gasteiger partial charge in [-0.3, -0.25) is 9.59 Å². The predicted octanol–water partition coefficient (Wildman–Crippen LogP) is 2.60. The first-order chi connectivity index (χ1) is 12.5. The van der Waals surface area contributed by atoms with Crippen LogP contribution in [0.2, 0.25) is 0 Å². The van der Waals surface area contributed by atoms with Gasteiger partial charge in [0.15, 0.2) is 18.1 Å². The Balaban J connectivity index is 2.02. The van der Waals surface area contributed by atoms with Crippen molar-refractivity contribution in [1.82, 2.24) is 0 Å². The standard InChI is InChI=1S/C19H22N2O5/c1-3-24-16-10-9-13(11-17(16)25-4-2)21-18(22)12-26-15-8-6-5-7-14(15)19(20)23/h5-11H,3-4,12H2,1-2H3,(H2,20,23)(H,21,22). The molecule has 0 bridgehead atoms. The van der Waals surface area contributed by atoms with Gasteiger partial charge in [0, 0.05) is 11.8 Å². The van der Waals surface area contributed by atoms with E-state index in [1.54, 1.807) is 36.4 Å². The predicted molar refractivity (Wildman–Crippen MR) is 97.9 cm³/mol. The molecule has 7 nitrogen and oxygen atoms in total. The van der Waals surface area contributed by atoms with Crippen LogP contribution in [0.25, 0.3) is 0 Å². The topological polar surface area (TPSA) is 99.9 Å². The third-order valence-corrected chi connectivity index (χ3v) is 3.34. The van der Waals surface area contributed by atoms with Gasteiger partial charge in [-0.05, 0) is 38.1 Å². The number of anilines is 1. The molecule has 0 heterocycles. The lowest BCUT2D eigenvalue weighted by Gasteiger charge is -2.13. The molecule has 0 spiro atoms. The summed E-state index contributed by atoms with van der Waals surface area (Å²) in [5.74, 6) is 0.424. The molecule has 2 aromatic carbocycles. The Morgan fingerprint density at radius 2 is 1.62 bits per heavy atom. The lowest BCUT2D eigenvalue weighted by atomic mass is 10.2. The molecular formula is C19H22N2O5. The monoisotopic (exact) mass is 358 g/mol. The van der Waals surface area contributed by atoms with Crippen LogP contribution in [0.5, 0.6) is 17.2 Å². The molecule has 138 valence electrons. The second-order valence-electron chi connectivity index (χ2n) is 5.22. The number of primary amides is 1. The molecule has 2 rings (SSSR count). The van der Waals surface area contributed by atoms with Crippen LogP contribution >= 0.6 is 0 Å². The van der Waals surface area contributed by atoms with Gasteiger partial charge in [0.1, 0.15) is 5.75 Å². The summed E-state index contributed by atoms with van der Waals surface area (Å²) in [6.07, 6.45) is 0. The van der Waals surface area contributed by atoms with E-state index in [9.17, 15) is 9.59 Å². The van der Waals surface area contributed by atoms with Crippen molar-refractivity contribution in [2.75, 3.05) is 25.1 Å². The fourth-order valence-corrected chi connectivity index (χ4v) is 2.27. The molecule has 3 N–H and O–H groups in total. The maximum absolute atomic E-state index is 12.1. The fraction of sp³-hybridized carbons (Fsp3) is 0.263. The fourth-order valence-electron chi connectivity index (χ4n) is 2.27. The van der Waals surface area contributed by atoms with E-state index >= 15 is 0 Å². The van der Waals surface area contributed by atoms with Gasteiger partial charge in [-0.1, -0.05) is 12.1 Å². The lowest BCUT2D eigenvalue weighted by molar-refractivity contribution is -0.118. The van der Waals surface area contributed by atoms with E-state index in [4.69, 9.17) is 19.9 Å². The molecule has 2 aromatic rings. The molecule has 0 saturated heterocycles. The van der Waals surface area contributed by atoms with Gasteiger partial charge in [-0.15, -0.1) is 0 Å². The van der Waals surface area contributed by atoms with Gasteiger partial charge < -0.3 is 25.3 Å². The average Bonchev–Trinajstić information content (AvgIpc) is 2.62. The van der Waals surface area contributed by atoms with Gasteiger partial charge in [0.05, 0.1) is 18.8 Å². The maximum atomic E-state index is 12.1. The number of hydrogen-bond acceptors (Lipinski definition) is 5. The third kappa shape index (κ3) is 5.14. The van der Waals surface area contributed by atoms with E-state index in [1.165, 1.54) is 6.07 Å². The van der Waals surface area contributed by atoms with Crippen LogP contribution in [0.1, 0.15) is 24.2 Å². The second kappa shape index (κ2) is 9.31. The molecule has 7 heteroatoms. The molecule has 2 amide bonds. The average molecular weight is 358 g/mol. The van der Waals surface area contributed by atoms with Crippen LogP contribution in [0, 0.1) is 0 Å². The number of para-hydroxylation sites is 1. The van der Waals surface area contributed by atoms with Crippen LogP contribution < -0.4 is 25.3 Å². The molecule has 0 atom stereocenters. The maximum Gasteiger partial charge on any atom is 0.262 e. The molecule has 0 unspecified atom stereocenters. The molecule has 0 fully saturated rings. The Hall–Kier alpha value is -3.22. The van der Waals surface area contributed by atoms with Crippen LogP contribution in [0.4, 0.5) is 5.69 Å². The van der Waals surface area contributed by atoms with Crippen molar-refractivity contribution >= 4 is 17.5 Å². The molecule has 26 heavy (non-hydrogen) atoms. The van der Waals surface area contributed by atoms with Crippen molar-refractivity contribution < 1.29 is 23.8 Å². The van der Waals surface area contributed by atoms with Crippen LogP contribution in [-0.4, -0.2) is 31.6 Å². The first kappa shape index (κ1) is 19.1. The minimum absolute atomic E-state index is 0.222. The van der Waals surface area contributed by atoms with Crippen LogP contribution in [0.3, 0.4) is 0 Å². The van der Waals surface area contributed by atoms with Crippen molar-refractivity contribution in [1.29, 1.82) is 0 Å². The van der Waals surface area contributed by atoms with Gasteiger partial charge in [0.25, 0.3) is 11.8 Å². The van der Waals surface area contributed by atoms with Crippen LogP contribution in [-0.2, 0) is 4.79 Å². The largest absolute Gasteiger partial charge is 0.490 e. The van der Waals surface area contributed by atoms with Gasteiger partial charge in [-0.25, -0.2) is 0 Å². The minimum atomic E-state index is -0.617. The Kier molecular flexibility index (Phi) is 6.84. The number of ether oxygens (including phenoxy) is 3. The van der Waals surface area contributed by atoms with Crippen LogP contribution in [0.15, 0.2) is 42.5 Å². The first-order valence-corrected chi connectivity index (χ1v) is 8.26. The summed E-state index contributed by atoms with van der Waals surface area (Å²) in [5.41, 5.74) is 6.06. The summed E-state index contributed by atoms with van der Waals surface area (Å²) < 4.78 is 16.4. The summed E-state index contributed by atoms with van der Waals surface area (Å²) in [6.45, 7) is 4.47. The Morgan fingerprint density at radius 3 is 2.31 bits per heavy atom. The summed E-state index contributed by atoms with van der Waals surface area (Å²) in [7, 11) is 0. The number of carbonyl (C=O) groups excluding carboxylic acids is 2. The number of hydrogen-bond donors (Lipinski definition) is 2. The third-order valence-electron chi connectivity index (χ3n) is 3.34. The molecule has 0 aromatic heterocycles. The molecule has 0 aliphatic rings. The Labute approximate surface area is 152 Å². The van der Waals surface area contributed by atoms with E-state index in [0.29, 0.717) is 30.4 Å². The van der Waals surface area contributed by atoms with Gasteiger partial charge >= 0.3 is 0 Å². The normalized spacial score (nSPS) is 10.1. The minimum Gasteiger partial charge on any atom is -0.490 e. The van der Waals surface area contributed by atoms with Crippen molar-refractivity contribution in [3.8, 4) is 17.2 Å². The zero-order valence-corrected chi connectivity index (χ0v) is 14.8. The molecule has 0 aliphatic carbocycles. The molecular weight excluding hydrogens is 336 g/mol. The summed E-state index contributed by atoms with van der Waals surface area (Å²) in [6, 6.07) is 11.6. The highest BCUT2D eigenvalue weighted by atomic mass is 16.5. The van der Waals surface area contributed by atoms with E-state index in [-0.39, 0.29) is 23.8 Å². The summed E-state index contributed by atoms with van der Waals surface area (Å²) in [4.78, 5) is 23.5. The highest BCUT2D eigenvalue weighted by molar-refractivity contribution is 5.96. The quantitative estimate of drug-likeness (QED) is 0.718. The first-order valence-electron chi connectivity index (χ1n) is 8.26. The van der Waals surface area contributed by atoms with Crippen molar-refractivity contribution in [3.63, 3.8) is 0 Å². The Bertz CT molecular complexity index is 776. The summed E-state index contributed by atoms with van der Waals surface area (Å²) in [5, 5.41) is 2.71. The SMILES string of the molecule is CCOc1ccc(NC(=O)COc2ccccc2C(N)=O)cc1OCC. The zero-order chi connectivity index (χ0) is 18.9. The van der Waals surface area contributed by atoms with Crippen molar-refractivity contribution in [3.05, 3.63) is 48.0 Å². The number of benzene rings is 2. The van der Waals surface area contributed by atoms with E-state index in [0.717, 1.165) is 0 Å². The number of carbonyl (C=O) groups is 2. The van der Waals surface area contributed by atoms with Gasteiger partial charge in [-0.2, -0.15) is 0 Å². The molecule has 0 saturated carbocycles. The Morgan fingerprint density at radius 1 is 0.923 bits per heavy atom. The van der Waals surface area contributed by atoms with E-state index < -0.39 is 5.91 Å². The van der Waals surface area contributed by atoms with Crippen molar-refractivity contribution in [2.24, 2.45) is 5.73 Å². The van der Waals surface area contributed by atoms with Crippen molar-refractivity contribution in [2.45, 2.75) is 13.8 Å². The zero-order valence-electron chi connectivity index (χ0n) is 14.8. The van der Waals surface area contributed by atoms with Gasteiger partial charge in [0.2, 0.25) is 0 Å². The highest BCUT2D eigenvalue weighted by Gasteiger charge is 2.12. The number of rotatable bonds is 9. The number of amides is 2. The number of nitrogens with two attached hydrogens (primary N) is 1. The summed E-state index contributed by atoms with van der Waals surface area (Å²) >= 11 is 0. The number of nitrogens with one attached hydrogen (secondary N) is 1. The highest BCUT2D eigenvalue weighted by Crippen LogP contribution is 2.30. The lowest BCUT2D eigenvalue weighted by Crippen LogP contribution is -2.21. The van der Waals surface area contributed by atoms with E-state index in [1.807, 2.05) is 13.8 Å².